The monoisotopic (exact) mass is 316 g/mol. The molecule has 1 aromatic carbocycles. The predicted molar refractivity (Wildman–Crippen MR) is 66.4 cm³/mol. The third kappa shape index (κ3) is 4.26. The molecule has 0 radical (unpaired) electrons. The van der Waals surface area contributed by atoms with Crippen LogP contribution in [0.25, 0.3) is 0 Å². The van der Waals surface area contributed by atoms with Gasteiger partial charge in [0.15, 0.2) is 0 Å². The minimum absolute atomic E-state index is 0.126. The van der Waals surface area contributed by atoms with Crippen LogP contribution in [0.15, 0.2) is 23.1 Å². The minimum atomic E-state index is -4.42. The fourth-order valence-corrected chi connectivity index (χ4v) is 2.99. The molecule has 1 rings (SSSR count). The van der Waals surface area contributed by atoms with E-state index in [4.69, 9.17) is 17.3 Å². The van der Waals surface area contributed by atoms with Crippen molar-refractivity contribution < 1.29 is 21.6 Å². The Bertz CT molecular complexity index is 560. The van der Waals surface area contributed by atoms with Gasteiger partial charge in [0.1, 0.15) is 4.90 Å². The average molecular weight is 317 g/mol. The lowest BCUT2D eigenvalue weighted by atomic mass is 10.3. The number of hydrogen-bond donors (Lipinski definition) is 1. The molecule has 4 nitrogen and oxygen atoms in total. The van der Waals surface area contributed by atoms with E-state index in [0.717, 1.165) is 13.1 Å². The molecule has 0 atom stereocenters. The molecule has 2 N–H and O–H groups in total. The number of alkyl halides is 3. The number of hydrogen-bond acceptors (Lipinski definition) is 3. The van der Waals surface area contributed by atoms with Crippen LogP contribution in [-0.2, 0) is 10.0 Å². The van der Waals surface area contributed by atoms with Crippen molar-refractivity contribution in [3.05, 3.63) is 23.2 Å². The number of anilines is 1. The first-order chi connectivity index (χ1) is 8.54. The highest BCUT2D eigenvalue weighted by Crippen LogP contribution is 2.27. The number of sulfonamides is 1. The first-order valence-electron chi connectivity index (χ1n) is 5.12. The summed E-state index contributed by atoms with van der Waals surface area (Å²) in [6, 6.07) is 3.71. The Balaban J connectivity index is 2.97. The van der Waals surface area contributed by atoms with Crippen LogP contribution in [-0.4, -0.2) is 32.5 Å². The molecule has 0 saturated carbocycles. The summed E-state index contributed by atoms with van der Waals surface area (Å²) in [6.45, 7) is -0.674. The quantitative estimate of drug-likeness (QED) is 0.868. The number of halogens is 4. The van der Waals surface area contributed by atoms with Gasteiger partial charge in [0.25, 0.3) is 0 Å². The fraction of sp³-hybridized carbons (Fsp3) is 0.400. The number of nitrogen functional groups attached to an aromatic ring is 1. The topological polar surface area (TPSA) is 63.4 Å². The third-order valence-electron chi connectivity index (χ3n) is 2.35. The summed E-state index contributed by atoms with van der Waals surface area (Å²) >= 11 is 5.74. The minimum Gasteiger partial charge on any atom is -0.399 e. The van der Waals surface area contributed by atoms with E-state index in [0.29, 0.717) is 4.31 Å². The zero-order chi connectivity index (χ0) is 14.8. The number of nitrogens with two attached hydrogens (primary N) is 1. The van der Waals surface area contributed by atoms with Crippen LogP contribution in [0.5, 0.6) is 0 Å². The van der Waals surface area contributed by atoms with Crippen LogP contribution in [0, 0.1) is 0 Å². The Morgan fingerprint density at radius 2 is 1.95 bits per heavy atom. The Kier molecular flexibility index (Phi) is 4.70. The summed E-state index contributed by atoms with van der Waals surface area (Å²) in [6.07, 6.45) is -5.65. The molecule has 0 heterocycles. The average Bonchev–Trinajstić information content (AvgIpc) is 2.24. The van der Waals surface area contributed by atoms with Crippen LogP contribution >= 0.6 is 11.6 Å². The van der Waals surface area contributed by atoms with Crippen LogP contribution < -0.4 is 5.73 Å². The van der Waals surface area contributed by atoms with E-state index >= 15 is 0 Å². The number of rotatable bonds is 4. The predicted octanol–water partition coefficient (Wildman–Crippen LogP) is 2.50. The molecular formula is C10H12ClF3N2O2S. The van der Waals surface area contributed by atoms with Crippen molar-refractivity contribution >= 4 is 27.3 Å². The van der Waals surface area contributed by atoms with Crippen molar-refractivity contribution in [1.29, 1.82) is 0 Å². The smallest absolute Gasteiger partial charge is 0.390 e. The van der Waals surface area contributed by atoms with Gasteiger partial charge in [-0.1, -0.05) is 11.6 Å². The van der Waals surface area contributed by atoms with Crippen molar-refractivity contribution in [3.63, 3.8) is 0 Å². The van der Waals surface area contributed by atoms with Gasteiger partial charge in [-0.3, -0.25) is 0 Å². The molecule has 0 fully saturated rings. The van der Waals surface area contributed by atoms with Crippen molar-refractivity contribution in [3.8, 4) is 0 Å². The zero-order valence-corrected chi connectivity index (χ0v) is 11.5. The van der Waals surface area contributed by atoms with Crippen LogP contribution in [0.2, 0.25) is 5.02 Å². The highest BCUT2D eigenvalue weighted by atomic mass is 35.5. The van der Waals surface area contributed by atoms with Crippen LogP contribution in [0.3, 0.4) is 0 Å². The summed E-state index contributed by atoms with van der Waals surface area (Å²) in [7, 11) is -3.00. The number of benzene rings is 1. The Hall–Kier alpha value is -0.990. The number of nitrogens with zero attached hydrogens (tertiary/aromatic N) is 1. The molecule has 0 saturated heterocycles. The molecule has 1 aromatic rings. The summed E-state index contributed by atoms with van der Waals surface area (Å²) in [5.74, 6) is 0. The van der Waals surface area contributed by atoms with Gasteiger partial charge < -0.3 is 5.73 Å². The normalized spacial score (nSPS) is 12.9. The first kappa shape index (κ1) is 16.1. The van der Waals surface area contributed by atoms with E-state index in [1.165, 1.54) is 12.1 Å². The Labute approximate surface area is 114 Å². The molecule has 0 aromatic heterocycles. The first-order valence-corrected chi connectivity index (χ1v) is 6.94. The lowest BCUT2D eigenvalue weighted by Gasteiger charge is -2.18. The summed E-state index contributed by atoms with van der Waals surface area (Å²) in [4.78, 5) is -0.270. The molecule has 0 aliphatic carbocycles. The lowest BCUT2D eigenvalue weighted by Crippen LogP contribution is -2.30. The SMILES string of the molecule is CN(CCC(F)(F)F)S(=O)(=O)c1ccc(N)cc1Cl. The second kappa shape index (κ2) is 5.56. The van der Waals surface area contributed by atoms with Gasteiger partial charge in [-0.25, -0.2) is 12.7 Å². The summed E-state index contributed by atoms with van der Waals surface area (Å²) < 4.78 is 60.9. The van der Waals surface area contributed by atoms with Gasteiger partial charge in [0.2, 0.25) is 10.0 Å². The molecule has 0 unspecified atom stereocenters. The maximum atomic E-state index is 12.1. The lowest BCUT2D eigenvalue weighted by molar-refractivity contribution is -0.135. The van der Waals surface area contributed by atoms with Gasteiger partial charge in [-0.2, -0.15) is 13.2 Å². The molecule has 0 amide bonds. The van der Waals surface area contributed by atoms with Gasteiger partial charge in [-0.15, -0.1) is 0 Å². The standard InChI is InChI=1S/C10H12ClF3N2O2S/c1-16(5-4-10(12,13)14)19(17,18)9-3-2-7(15)6-8(9)11/h2-3,6H,4-5,15H2,1H3. The van der Waals surface area contributed by atoms with Crippen LogP contribution in [0.4, 0.5) is 18.9 Å². The van der Waals surface area contributed by atoms with Crippen molar-refractivity contribution in [2.75, 3.05) is 19.3 Å². The van der Waals surface area contributed by atoms with E-state index < -0.39 is 29.2 Å². The van der Waals surface area contributed by atoms with E-state index in [2.05, 4.69) is 0 Å². The van der Waals surface area contributed by atoms with Crippen molar-refractivity contribution in [1.82, 2.24) is 4.31 Å². The highest BCUT2D eigenvalue weighted by Gasteiger charge is 2.31. The molecular weight excluding hydrogens is 305 g/mol. The zero-order valence-electron chi connectivity index (χ0n) is 9.91. The second-order valence-corrected chi connectivity index (χ2v) is 6.30. The Morgan fingerprint density at radius 1 is 1.37 bits per heavy atom. The van der Waals surface area contributed by atoms with Crippen molar-refractivity contribution in [2.24, 2.45) is 0 Å². The molecule has 0 aliphatic heterocycles. The van der Waals surface area contributed by atoms with Gasteiger partial charge in [0, 0.05) is 19.3 Å². The summed E-state index contributed by atoms with van der Waals surface area (Å²) in [5.41, 5.74) is 5.69. The van der Waals surface area contributed by atoms with E-state index in [1.807, 2.05) is 0 Å². The van der Waals surface area contributed by atoms with Gasteiger partial charge in [0.05, 0.1) is 11.4 Å². The Morgan fingerprint density at radius 3 is 2.42 bits per heavy atom. The van der Waals surface area contributed by atoms with Crippen molar-refractivity contribution in [2.45, 2.75) is 17.5 Å². The fourth-order valence-electron chi connectivity index (χ4n) is 1.30. The molecule has 9 heteroatoms. The second-order valence-electron chi connectivity index (χ2n) is 3.88. The van der Waals surface area contributed by atoms with E-state index in [9.17, 15) is 21.6 Å². The maximum absolute atomic E-state index is 12.1. The molecule has 0 bridgehead atoms. The molecule has 19 heavy (non-hydrogen) atoms. The summed E-state index contributed by atoms with van der Waals surface area (Å²) in [5, 5.41) is -0.126. The van der Waals surface area contributed by atoms with E-state index in [1.54, 1.807) is 0 Å². The maximum Gasteiger partial charge on any atom is 0.390 e. The largest absolute Gasteiger partial charge is 0.399 e. The third-order valence-corrected chi connectivity index (χ3v) is 4.69. The van der Waals surface area contributed by atoms with Gasteiger partial charge in [-0.05, 0) is 18.2 Å². The molecule has 108 valence electrons. The van der Waals surface area contributed by atoms with Crippen LogP contribution in [0.1, 0.15) is 6.42 Å². The molecule has 0 spiro atoms. The molecule has 0 aliphatic rings. The van der Waals surface area contributed by atoms with Gasteiger partial charge >= 0.3 is 6.18 Å². The van der Waals surface area contributed by atoms with E-state index in [-0.39, 0.29) is 15.6 Å². The highest BCUT2D eigenvalue weighted by molar-refractivity contribution is 7.89.